The Bertz CT molecular complexity index is 1500. The van der Waals surface area contributed by atoms with Crippen molar-refractivity contribution in [3.8, 4) is 28.4 Å². The van der Waals surface area contributed by atoms with Gasteiger partial charge in [-0.2, -0.15) is 0 Å². The van der Waals surface area contributed by atoms with Crippen molar-refractivity contribution >= 4 is 51.7 Å². The van der Waals surface area contributed by atoms with E-state index in [9.17, 15) is 4.79 Å². The summed E-state index contributed by atoms with van der Waals surface area (Å²) in [6, 6.07) is 12.7. The molecule has 11 heteroatoms. The zero-order valence-corrected chi connectivity index (χ0v) is 23.9. The quantitative estimate of drug-likeness (QED) is 0.269. The van der Waals surface area contributed by atoms with Gasteiger partial charge in [-0.05, 0) is 42.9 Å². The summed E-state index contributed by atoms with van der Waals surface area (Å²) in [5.41, 5.74) is 3.61. The molecule has 1 fully saturated rings. The summed E-state index contributed by atoms with van der Waals surface area (Å²) >= 11 is 13.3. The molecule has 1 N–H and O–H groups in total. The lowest BCUT2D eigenvalue weighted by molar-refractivity contribution is 0.215. The Hall–Kier alpha value is -3.79. The van der Waals surface area contributed by atoms with E-state index in [0.717, 1.165) is 38.4 Å². The Balaban J connectivity index is 1.37. The highest BCUT2D eigenvalue weighted by molar-refractivity contribution is 6.41. The number of carbonyl (C=O) groups excluding carboxylic acids is 1. The van der Waals surface area contributed by atoms with Crippen LogP contribution in [0.5, 0.6) is 17.2 Å². The maximum atomic E-state index is 12.8. The average molecular weight is 582 g/mol. The topological polar surface area (TPSA) is 89.1 Å². The molecule has 0 radical (unpaired) electrons. The predicted molar refractivity (Wildman–Crippen MR) is 159 cm³/mol. The molecule has 0 saturated carbocycles. The van der Waals surface area contributed by atoms with Crippen molar-refractivity contribution in [3.63, 3.8) is 0 Å². The van der Waals surface area contributed by atoms with Crippen molar-refractivity contribution < 1.29 is 19.0 Å². The third-order valence-corrected chi connectivity index (χ3v) is 7.68. The van der Waals surface area contributed by atoms with Crippen LogP contribution in [0.2, 0.25) is 10.0 Å². The zero-order chi connectivity index (χ0) is 28.2. The van der Waals surface area contributed by atoms with Crippen LogP contribution in [0.3, 0.4) is 0 Å². The fraction of sp³-hybridized carbons (Fsp3) is 0.276. The minimum Gasteiger partial charge on any atom is -0.495 e. The summed E-state index contributed by atoms with van der Waals surface area (Å²) in [5.74, 6) is 1.02. The van der Waals surface area contributed by atoms with Crippen LogP contribution in [0.1, 0.15) is 6.92 Å². The molecule has 1 aliphatic heterocycles. The van der Waals surface area contributed by atoms with Gasteiger partial charge in [0.05, 0.1) is 24.3 Å². The Labute approximate surface area is 242 Å². The minimum atomic E-state index is -0.650. The maximum absolute atomic E-state index is 12.8. The van der Waals surface area contributed by atoms with Crippen molar-refractivity contribution in [2.24, 2.45) is 0 Å². The highest BCUT2D eigenvalue weighted by Gasteiger charge is 2.23. The van der Waals surface area contributed by atoms with Crippen LogP contribution in [0, 0.1) is 0 Å². The molecule has 0 spiro atoms. The molecule has 5 rings (SSSR count). The molecular weight excluding hydrogens is 553 g/mol. The van der Waals surface area contributed by atoms with Gasteiger partial charge in [-0.15, -0.1) is 0 Å². The maximum Gasteiger partial charge on any atom is 0.417 e. The molecule has 1 saturated heterocycles. The molecule has 2 heterocycles. The van der Waals surface area contributed by atoms with Crippen LogP contribution in [-0.4, -0.2) is 67.9 Å². The lowest BCUT2D eigenvalue weighted by atomic mass is 10.0. The Morgan fingerprint density at radius 3 is 2.10 bits per heavy atom. The average Bonchev–Trinajstić information content (AvgIpc) is 2.99. The van der Waals surface area contributed by atoms with Gasteiger partial charge in [-0.1, -0.05) is 30.1 Å². The summed E-state index contributed by atoms with van der Waals surface area (Å²) in [7, 11) is 3.01. The molecule has 1 aliphatic rings. The molecule has 208 valence electrons. The van der Waals surface area contributed by atoms with E-state index in [0.29, 0.717) is 49.4 Å². The van der Waals surface area contributed by atoms with Crippen LogP contribution in [0.15, 0.2) is 54.9 Å². The summed E-state index contributed by atoms with van der Waals surface area (Å²) in [4.78, 5) is 26.5. The number of nitrogens with one attached hydrogen (secondary N) is 1. The zero-order valence-electron chi connectivity index (χ0n) is 22.4. The number of benzene rings is 3. The number of anilines is 2. The van der Waals surface area contributed by atoms with Gasteiger partial charge >= 0.3 is 6.09 Å². The van der Waals surface area contributed by atoms with Gasteiger partial charge in [0.1, 0.15) is 22.5 Å². The number of halogens is 2. The van der Waals surface area contributed by atoms with E-state index in [-0.39, 0.29) is 5.75 Å². The van der Waals surface area contributed by atoms with Crippen LogP contribution in [0.4, 0.5) is 16.2 Å². The first-order chi connectivity index (χ1) is 19.4. The van der Waals surface area contributed by atoms with E-state index < -0.39 is 6.09 Å². The number of likely N-dealkylation sites (N-methyl/N-ethyl adjacent to an activating group) is 1. The molecule has 4 aromatic rings. The fourth-order valence-electron chi connectivity index (χ4n) is 4.76. The molecular formula is C29H29Cl2N5O4. The first-order valence-electron chi connectivity index (χ1n) is 12.8. The van der Waals surface area contributed by atoms with E-state index in [2.05, 4.69) is 32.0 Å². The van der Waals surface area contributed by atoms with Gasteiger partial charge in [0.25, 0.3) is 0 Å². The number of amides is 1. The first-order valence-corrected chi connectivity index (χ1v) is 13.6. The van der Waals surface area contributed by atoms with Gasteiger partial charge in [-0.25, -0.2) is 9.78 Å². The normalized spacial score (nSPS) is 13.8. The SMILES string of the molecule is CCN1CCN(c2ccc(NC(=O)Oc3ccc(-c4c(Cl)c(OC)cc(OC)c4Cl)c4nccnc34)cc2)CC1. The van der Waals surface area contributed by atoms with Crippen LogP contribution < -0.4 is 24.4 Å². The van der Waals surface area contributed by atoms with Crippen molar-refractivity contribution in [1.29, 1.82) is 0 Å². The van der Waals surface area contributed by atoms with Crippen molar-refractivity contribution in [2.75, 3.05) is 57.2 Å². The number of nitrogens with zero attached hydrogens (tertiary/aromatic N) is 4. The molecule has 1 amide bonds. The standard InChI is InChI=1S/C29H29Cl2N5O4/c1-4-35-13-15-36(16-14-35)19-7-5-18(6-8-19)34-29(37)40-21-10-9-20(27-28(21)33-12-11-32-27)24-25(30)22(38-2)17-23(39-3)26(24)31/h5-12,17H,4,13-16H2,1-3H3,(H,34,37). The van der Waals surface area contributed by atoms with Crippen LogP contribution >= 0.6 is 23.2 Å². The number of piperazine rings is 1. The third-order valence-electron chi connectivity index (χ3n) is 6.93. The molecule has 0 unspecified atom stereocenters. The molecule has 40 heavy (non-hydrogen) atoms. The van der Waals surface area contributed by atoms with E-state index >= 15 is 0 Å². The monoisotopic (exact) mass is 581 g/mol. The van der Waals surface area contributed by atoms with E-state index in [1.165, 1.54) is 20.4 Å². The Kier molecular flexibility index (Phi) is 8.44. The highest BCUT2D eigenvalue weighted by atomic mass is 35.5. The predicted octanol–water partition coefficient (Wildman–Crippen LogP) is 6.37. The second kappa shape index (κ2) is 12.2. The smallest absolute Gasteiger partial charge is 0.417 e. The number of ether oxygens (including phenoxy) is 3. The Morgan fingerprint density at radius 2 is 1.50 bits per heavy atom. The third kappa shape index (κ3) is 5.58. The number of methoxy groups -OCH3 is 2. The molecule has 3 aromatic carbocycles. The number of rotatable bonds is 7. The summed E-state index contributed by atoms with van der Waals surface area (Å²) < 4.78 is 16.5. The second-order valence-electron chi connectivity index (χ2n) is 9.13. The van der Waals surface area contributed by atoms with Gasteiger partial charge < -0.3 is 24.0 Å². The van der Waals surface area contributed by atoms with Gasteiger partial charge in [0, 0.05) is 67.1 Å². The minimum absolute atomic E-state index is 0.233. The molecule has 9 nitrogen and oxygen atoms in total. The van der Waals surface area contributed by atoms with E-state index in [1.54, 1.807) is 24.4 Å². The fourth-order valence-corrected chi connectivity index (χ4v) is 5.46. The van der Waals surface area contributed by atoms with Crippen molar-refractivity contribution in [3.05, 3.63) is 64.9 Å². The number of hydrogen-bond acceptors (Lipinski definition) is 8. The Morgan fingerprint density at radius 1 is 0.875 bits per heavy atom. The van der Waals surface area contributed by atoms with E-state index in [1.807, 2.05) is 24.3 Å². The number of hydrogen-bond donors (Lipinski definition) is 1. The second-order valence-corrected chi connectivity index (χ2v) is 9.89. The highest BCUT2D eigenvalue weighted by Crippen LogP contribution is 2.48. The summed E-state index contributed by atoms with van der Waals surface area (Å²) in [6.45, 7) is 7.30. The molecule has 1 aromatic heterocycles. The summed E-state index contributed by atoms with van der Waals surface area (Å²) in [5, 5.41) is 3.37. The van der Waals surface area contributed by atoms with Gasteiger partial charge in [-0.3, -0.25) is 10.3 Å². The van der Waals surface area contributed by atoms with Crippen LogP contribution in [-0.2, 0) is 0 Å². The largest absolute Gasteiger partial charge is 0.495 e. The van der Waals surface area contributed by atoms with Crippen molar-refractivity contribution in [2.45, 2.75) is 6.92 Å². The molecule has 0 bridgehead atoms. The first kappa shape index (κ1) is 27.8. The number of aromatic nitrogens is 2. The van der Waals surface area contributed by atoms with Gasteiger partial charge in [0.2, 0.25) is 0 Å². The van der Waals surface area contributed by atoms with E-state index in [4.69, 9.17) is 37.4 Å². The molecule has 0 atom stereocenters. The summed E-state index contributed by atoms with van der Waals surface area (Å²) in [6.07, 6.45) is 2.41. The van der Waals surface area contributed by atoms with Gasteiger partial charge in [0.15, 0.2) is 5.75 Å². The van der Waals surface area contributed by atoms with Crippen molar-refractivity contribution in [1.82, 2.24) is 14.9 Å². The molecule has 0 aliphatic carbocycles. The number of carbonyl (C=O) groups is 1. The number of fused-ring (bicyclic) bond motifs is 1. The van der Waals surface area contributed by atoms with Crippen LogP contribution in [0.25, 0.3) is 22.2 Å². The lowest BCUT2D eigenvalue weighted by Crippen LogP contribution is -2.46. The lowest BCUT2D eigenvalue weighted by Gasteiger charge is -2.35.